The molecule has 0 aliphatic heterocycles. The van der Waals surface area contributed by atoms with E-state index >= 15 is 0 Å². The molecule has 17 heavy (non-hydrogen) atoms. The van der Waals surface area contributed by atoms with Gasteiger partial charge in [-0.15, -0.1) is 0 Å². The van der Waals surface area contributed by atoms with Crippen LogP contribution in [0.5, 0.6) is 0 Å². The van der Waals surface area contributed by atoms with Gasteiger partial charge in [0.15, 0.2) is 0 Å². The SMILES string of the molecule is COCCC(C)(NCCC(=O)N(C)C)C(=O)O. The number of ether oxygens (including phenoxy) is 1. The molecule has 0 aromatic rings. The maximum atomic E-state index is 11.3. The molecular formula is C11H22N2O4. The van der Waals surface area contributed by atoms with Crippen molar-refractivity contribution >= 4 is 11.9 Å². The Hall–Kier alpha value is -1.14. The van der Waals surface area contributed by atoms with E-state index in [0.29, 0.717) is 19.6 Å². The van der Waals surface area contributed by atoms with Gasteiger partial charge in [-0.05, 0) is 13.3 Å². The molecule has 0 saturated heterocycles. The molecule has 0 bridgehead atoms. The van der Waals surface area contributed by atoms with Crippen molar-refractivity contribution in [3.63, 3.8) is 0 Å². The zero-order valence-electron chi connectivity index (χ0n) is 10.9. The fourth-order valence-electron chi connectivity index (χ4n) is 1.25. The summed E-state index contributed by atoms with van der Waals surface area (Å²) in [7, 11) is 4.87. The quantitative estimate of drug-likeness (QED) is 0.627. The van der Waals surface area contributed by atoms with E-state index in [0.717, 1.165) is 0 Å². The number of nitrogens with one attached hydrogen (secondary N) is 1. The maximum absolute atomic E-state index is 11.3. The molecule has 0 aromatic heterocycles. The Kier molecular flexibility index (Phi) is 6.75. The van der Waals surface area contributed by atoms with Crippen LogP contribution in [0.2, 0.25) is 0 Å². The number of carboxylic acid groups (broad SMARTS) is 1. The van der Waals surface area contributed by atoms with E-state index in [1.165, 1.54) is 12.0 Å². The van der Waals surface area contributed by atoms with E-state index in [-0.39, 0.29) is 12.3 Å². The van der Waals surface area contributed by atoms with Crippen molar-refractivity contribution in [2.45, 2.75) is 25.3 Å². The van der Waals surface area contributed by atoms with Gasteiger partial charge in [0.05, 0.1) is 0 Å². The summed E-state index contributed by atoms with van der Waals surface area (Å²) in [5.41, 5.74) is -1.05. The molecule has 1 atom stereocenters. The number of hydrogen-bond donors (Lipinski definition) is 2. The van der Waals surface area contributed by atoms with Crippen LogP contribution in [0.15, 0.2) is 0 Å². The summed E-state index contributed by atoms with van der Waals surface area (Å²) in [6.07, 6.45) is 0.637. The largest absolute Gasteiger partial charge is 0.480 e. The first-order chi connectivity index (χ1) is 7.83. The molecule has 1 unspecified atom stereocenters. The molecule has 6 heteroatoms. The summed E-state index contributed by atoms with van der Waals surface area (Å²) in [4.78, 5) is 23.9. The number of methoxy groups -OCH3 is 1. The molecule has 0 radical (unpaired) electrons. The fourth-order valence-corrected chi connectivity index (χ4v) is 1.25. The molecule has 1 amide bonds. The zero-order valence-corrected chi connectivity index (χ0v) is 10.9. The minimum atomic E-state index is -1.05. The van der Waals surface area contributed by atoms with Gasteiger partial charge in [-0.3, -0.25) is 9.59 Å². The summed E-state index contributed by atoms with van der Waals surface area (Å²) in [5, 5.41) is 12.0. The number of nitrogens with zero attached hydrogens (tertiary/aromatic N) is 1. The number of amides is 1. The Labute approximate surface area is 102 Å². The molecular weight excluding hydrogens is 224 g/mol. The second-order valence-corrected chi connectivity index (χ2v) is 4.35. The summed E-state index contributed by atoms with van der Waals surface area (Å²) in [6.45, 7) is 2.29. The number of carbonyl (C=O) groups excluding carboxylic acids is 1. The first-order valence-electron chi connectivity index (χ1n) is 5.51. The van der Waals surface area contributed by atoms with Gasteiger partial charge in [-0.2, -0.15) is 0 Å². The van der Waals surface area contributed by atoms with Crippen LogP contribution in [-0.2, 0) is 14.3 Å². The van der Waals surface area contributed by atoms with Gasteiger partial charge in [0, 0.05) is 40.8 Å². The van der Waals surface area contributed by atoms with Crippen molar-refractivity contribution in [1.29, 1.82) is 0 Å². The lowest BCUT2D eigenvalue weighted by Gasteiger charge is -2.26. The Bertz CT molecular complexity index is 268. The van der Waals surface area contributed by atoms with Gasteiger partial charge in [0.1, 0.15) is 5.54 Å². The van der Waals surface area contributed by atoms with Crippen LogP contribution < -0.4 is 5.32 Å². The van der Waals surface area contributed by atoms with Crippen LogP contribution in [0, 0.1) is 0 Å². The number of carboxylic acids is 1. The normalized spacial score (nSPS) is 14.1. The third kappa shape index (κ3) is 5.65. The van der Waals surface area contributed by atoms with Gasteiger partial charge in [-0.1, -0.05) is 0 Å². The zero-order chi connectivity index (χ0) is 13.5. The van der Waals surface area contributed by atoms with Crippen LogP contribution >= 0.6 is 0 Å². The lowest BCUT2D eigenvalue weighted by Crippen LogP contribution is -2.51. The molecule has 0 fully saturated rings. The van der Waals surface area contributed by atoms with Crippen molar-refractivity contribution in [2.24, 2.45) is 0 Å². The van der Waals surface area contributed by atoms with Gasteiger partial charge in [-0.25, -0.2) is 0 Å². The van der Waals surface area contributed by atoms with Gasteiger partial charge in [0.2, 0.25) is 5.91 Å². The molecule has 0 aliphatic carbocycles. The second kappa shape index (κ2) is 7.24. The highest BCUT2D eigenvalue weighted by atomic mass is 16.5. The first kappa shape index (κ1) is 15.9. The van der Waals surface area contributed by atoms with E-state index in [4.69, 9.17) is 9.84 Å². The molecule has 6 nitrogen and oxygen atoms in total. The lowest BCUT2D eigenvalue weighted by atomic mass is 9.98. The highest BCUT2D eigenvalue weighted by Gasteiger charge is 2.32. The third-order valence-electron chi connectivity index (χ3n) is 2.63. The van der Waals surface area contributed by atoms with Crippen molar-refractivity contribution in [2.75, 3.05) is 34.4 Å². The molecule has 0 saturated carbocycles. The van der Waals surface area contributed by atoms with Crippen molar-refractivity contribution in [3.8, 4) is 0 Å². The molecule has 100 valence electrons. The Balaban J connectivity index is 4.18. The molecule has 0 rings (SSSR count). The van der Waals surface area contributed by atoms with E-state index < -0.39 is 11.5 Å². The van der Waals surface area contributed by atoms with Crippen molar-refractivity contribution in [1.82, 2.24) is 10.2 Å². The number of carbonyl (C=O) groups is 2. The van der Waals surface area contributed by atoms with E-state index in [1.54, 1.807) is 21.0 Å². The summed E-state index contributed by atoms with van der Waals surface area (Å²) >= 11 is 0. The van der Waals surface area contributed by atoms with Crippen LogP contribution in [0.4, 0.5) is 0 Å². The van der Waals surface area contributed by atoms with Crippen LogP contribution in [0.1, 0.15) is 19.8 Å². The Morgan fingerprint density at radius 2 is 2.00 bits per heavy atom. The first-order valence-corrected chi connectivity index (χ1v) is 5.51. The summed E-state index contributed by atoms with van der Waals surface area (Å²) in [5.74, 6) is -0.969. The minimum Gasteiger partial charge on any atom is -0.480 e. The maximum Gasteiger partial charge on any atom is 0.323 e. The van der Waals surface area contributed by atoms with Crippen LogP contribution in [0.25, 0.3) is 0 Å². The average Bonchev–Trinajstić information content (AvgIpc) is 2.25. The van der Waals surface area contributed by atoms with Crippen LogP contribution in [0.3, 0.4) is 0 Å². The van der Waals surface area contributed by atoms with Crippen molar-refractivity contribution in [3.05, 3.63) is 0 Å². The van der Waals surface area contributed by atoms with Crippen molar-refractivity contribution < 1.29 is 19.4 Å². The summed E-state index contributed by atoms with van der Waals surface area (Å²) < 4.78 is 4.87. The number of aliphatic carboxylic acids is 1. The topological polar surface area (TPSA) is 78.9 Å². The third-order valence-corrected chi connectivity index (χ3v) is 2.63. The molecule has 0 aliphatic rings. The average molecular weight is 246 g/mol. The summed E-state index contributed by atoms with van der Waals surface area (Å²) in [6, 6.07) is 0. The highest BCUT2D eigenvalue weighted by molar-refractivity contribution is 5.78. The highest BCUT2D eigenvalue weighted by Crippen LogP contribution is 2.10. The standard InChI is InChI=1S/C11H22N2O4/c1-11(10(15)16,6-8-17-4)12-7-5-9(14)13(2)3/h12H,5-8H2,1-4H3,(H,15,16). The van der Waals surface area contributed by atoms with E-state index in [9.17, 15) is 9.59 Å². The van der Waals surface area contributed by atoms with E-state index in [2.05, 4.69) is 5.32 Å². The number of rotatable bonds is 8. The number of hydrogen-bond acceptors (Lipinski definition) is 4. The fraction of sp³-hybridized carbons (Fsp3) is 0.818. The Morgan fingerprint density at radius 1 is 1.41 bits per heavy atom. The minimum absolute atomic E-state index is 0.0306. The molecule has 0 spiro atoms. The van der Waals surface area contributed by atoms with Gasteiger partial charge in [0.25, 0.3) is 0 Å². The lowest BCUT2D eigenvalue weighted by molar-refractivity contribution is -0.145. The smallest absolute Gasteiger partial charge is 0.323 e. The Morgan fingerprint density at radius 3 is 2.41 bits per heavy atom. The van der Waals surface area contributed by atoms with E-state index in [1.807, 2.05) is 0 Å². The van der Waals surface area contributed by atoms with Gasteiger partial charge < -0.3 is 20.1 Å². The predicted molar refractivity (Wildman–Crippen MR) is 63.8 cm³/mol. The monoisotopic (exact) mass is 246 g/mol. The molecule has 0 heterocycles. The second-order valence-electron chi connectivity index (χ2n) is 4.35. The van der Waals surface area contributed by atoms with Gasteiger partial charge >= 0.3 is 5.97 Å². The van der Waals surface area contributed by atoms with Crippen LogP contribution in [-0.4, -0.2) is 61.8 Å². The molecule has 0 aromatic carbocycles. The predicted octanol–water partition coefficient (Wildman–Crippen LogP) is -0.0659. The molecule has 2 N–H and O–H groups in total.